The van der Waals surface area contributed by atoms with E-state index in [0.29, 0.717) is 25.1 Å². The smallest absolute Gasteiger partial charge is 0.416 e. The normalized spacial score (nSPS) is 15.9. The van der Waals surface area contributed by atoms with E-state index in [4.69, 9.17) is 4.74 Å². The highest BCUT2D eigenvalue weighted by molar-refractivity contribution is 7.89. The summed E-state index contributed by atoms with van der Waals surface area (Å²) < 4.78 is 69.2. The van der Waals surface area contributed by atoms with Crippen molar-refractivity contribution >= 4 is 21.9 Å². The average molecular weight is 436 g/mol. The number of ether oxygens (including phenoxy) is 1. The molecule has 0 spiro atoms. The van der Waals surface area contributed by atoms with Gasteiger partial charge in [0.25, 0.3) is 5.91 Å². The van der Waals surface area contributed by atoms with Gasteiger partial charge in [0.05, 0.1) is 16.9 Å². The molecule has 1 aromatic rings. The number of hydrogen-bond donors (Lipinski definition) is 1. The van der Waals surface area contributed by atoms with E-state index in [1.807, 2.05) is 4.72 Å². The number of nitrogens with one attached hydrogen (secondary N) is 1. The Morgan fingerprint density at radius 3 is 2.52 bits per heavy atom. The van der Waals surface area contributed by atoms with Crippen LogP contribution in [0.1, 0.15) is 31.7 Å². The van der Waals surface area contributed by atoms with Crippen molar-refractivity contribution < 1.29 is 35.9 Å². The van der Waals surface area contributed by atoms with Gasteiger partial charge in [-0.2, -0.15) is 13.2 Å². The van der Waals surface area contributed by atoms with Gasteiger partial charge in [-0.15, -0.1) is 0 Å². The molecule has 7 nitrogen and oxygen atoms in total. The molecule has 1 aliphatic rings. The zero-order valence-corrected chi connectivity index (χ0v) is 16.7. The van der Waals surface area contributed by atoms with Crippen LogP contribution < -0.4 is 4.72 Å². The second-order valence-electron chi connectivity index (χ2n) is 6.90. The molecule has 0 aliphatic carbocycles. The fourth-order valence-corrected chi connectivity index (χ4v) is 3.85. The SMILES string of the molecule is CC1CCN(C(=O)COC(=O)CCNS(=O)(=O)c2cccc(C(F)(F)F)c2)CC1. The topological polar surface area (TPSA) is 92.8 Å². The van der Waals surface area contributed by atoms with Crippen LogP contribution in [0, 0.1) is 5.92 Å². The third-order valence-corrected chi connectivity index (χ3v) is 6.04. The number of benzene rings is 1. The van der Waals surface area contributed by atoms with Crippen LogP contribution in [0.5, 0.6) is 0 Å². The van der Waals surface area contributed by atoms with Gasteiger partial charge in [-0.3, -0.25) is 9.59 Å². The van der Waals surface area contributed by atoms with Crippen molar-refractivity contribution in [3.05, 3.63) is 29.8 Å². The highest BCUT2D eigenvalue weighted by atomic mass is 32.2. The zero-order valence-electron chi connectivity index (χ0n) is 15.9. The van der Waals surface area contributed by atoms with Gasteiger partial charge in [0, 0.05) is 19.6 Å². The van der Waals surface area contributed by atoms with Crippen molar-refractivity contribution in [1.29, 1.82) is 0 Å². The molecule has 0 aromatic heterocycles. The quantitative estimate of drug-likeness (QED) is 0.662. The van der Waals surface area contributed by atoms with E-state index in [1.54, 1.807) is 4.90 Å². The molecule has 29 heavy (non-hydrogen) atoms. The molecule has 1 fully saturated rings. The Hall–Kier alpha value is -2.14. The number of halogens is 3. The van der Waals surface area contributed by atoms with E-state index in [1.165, 1.54) is 0 Å². The fraction of sp³-hybridized carbons (Fsp3) is 0.556. The van der Waals surface area contributed by atoms with Crippen molar-refractivity contribution in [2.45, 2.75) is 37.3 Å². The van der Waals surface area contributed by atoms with E-state index in [2.05, 4.69) is 6.92 Å². The summed E-state index contributed by atoms with van der Waals surface area (Å²) in [6.07, 6.45) is -3.26. The highest BCUT2D eigenvalue weighted by Crippen LogP contribution is 2.30. The van der Waals surface area contributed by atoms with Crippen molar-refractivity contribution in [3.8, 4) is 0 Å². The number of carbonyl (C=O) groups is 2. The van der Waals surface area contributed by atoms with Gasteiger partial charge in [-0.1, -0.05) is 13.0 Å². The Kier molecular flexibility index (Phi) is 7.64. The Morgan fingerprint density at radius 2 is 1.90 bits per heavy atom. The summed E-state index contributed by atoms with van der Waals surface area (Å²) in [4.78, 5) is 24.8. The first kappa shape index (κ1) is 23.1. The predicted octanol–water partition coefficient (Wildman–Crippen LogP) is 2.18. The van der Waals surface area contributed by atoms with Crippen LogP contribution in [0.4, 0.5) is 13.2 Å². The molecule has 11 heteroatoms. The van der Waals surface area contributed by atoms with Gasteiger partial charge in [0.15, 0.2) is 6.61 Å². The summed E-state index contributed by atoms with van der Waals surface area (Å²) >= 11 is 0. The monoisotopic (exact) mass is 436 g/mol. The lowest BCUT2D eigenvalue weighted by Crippen LogP contribution is -2.40. The summed E-state index contributed by atoms with van der Waals surface area (Å²) in [7, 11) is -4.23. The maximum atomic E-state index is 12.7. The highest BCUT2D eigenvalue weighted by Gasteiger charge is 2.31. The lowest BCUT2D eigenvalue weighted by atomic mass is 9.99. The first-order valence-electron chi connectivity index (χ1n) is 9.09. The number of alkyl halides is 3. The number of sulfonamides is 1. The number of piperidine rings is 1. The van der Waals surface area contributed by atoms with Crippen LogP contribution >= 0.6 is 0 Å². The summed E-state index contributed by atoms with van der Waals surface area (Å²) in [5.41, 5.74) is -1.09. The molecule has 1 heterocycles. The third-order valence-electron chi connectivity index (χ3n) is 4.59. The lowest BCUT2D eigenvalue weighted by molar-refractivity contribution is -0.152. The maximum absolute atomic E-state index is 12.7. The van der Waals surface area contributed by atoms with E-state index < -0.39 is 39.2 Å². The van der Waals surface area contributed by atoms with Gasteiger partial charge >= 0.3 is 12.1 Å². The van der Waals surface area contributed by atoms with Gasteiger partial charge in [-0.05, 0) is 37.0 Å². The number of amides is 1. The molecule has 1 aliphatic heterocycles. The molecule has 0 unspecified atom stereocenters. The molecule has 0 radical (unpaired) electrons. The minimum absolute atomic E-state index is 0.310. The summed E-state index contributed by atoms with van der Waals surface area (Å²) in [6, 6.07) is 3.28. The molecule has 1 N–H and O–H groups in total. The fourth-order valence-electron chi connectivity index (χ4n) is 2.77. The van der Waals surface area contributed by atoms with Gasteiger partial charge in [0.1, 0.15) is 0 Å². The largest absolute Gasteiger partial charge is 0.456 e. The molecular formula is C18H23F3N2O5S. The van der Waals surface area contributed by atoms with Crippen LogP contribution in [-0.4, -0.2) is 51.4 Å². The first-order chi connectivity index (χ1) is 13.5. The van der Waals surface area contributed by atoms with Crippen LogP contribution in [0.3, 0.4) is 0 Å². The van der Waals surface area contributed by atoms with Crippen molar-refractivity contribution in [1.82, 2.24) is 9.62 Å². The van der Waals surface area contributed by atoms with E-state index in [9.17, 15) is 31.2 Å². The Bertz CT molecular complexity index is 834. The van der Waals surface area contributed by atoms with Crippen molar-refractivity contribution in [2.24, 2.45) is 5.92 Å². The Labute approximate surface area is 167 Å². The number of hydrogen-bond acceptors (Lipinski definition) is 5. The molecule has 2 rings (SSSR count). The molecule has 162 valence electrons. The second-order valence-corrected chi connectivity index (χ2v) is 8.66. The lowest BCUT2D eigenvalue weighted by Gasteiger charge is -2.30. The number of carbonyl (C=O) groups excluding carboxylic acids is 2. The minimum Gasteiger partial charge on any atom is -0.456 e. The van der Waals surface area contributed by atoms with E-state index in [-0.39, 0.29) is 18.9 Å². The molecule has 1 saturated heterocycles. The second kappa shape index (κ2) is 9.57. The molecule has 0 atom stereocenters. The summed E-state index contributed by atoms with van der Waals surface area (Å²) in [5, 5.41) is 0. The van der Waals surface area contributed by atoms with Gasteiger partial charge in [0.2, 0.25) is 10.0 Å². The van der Waals surface area contributed by atoms with Crippen LogP contribution in [0.25, 0.3) is 0 Å². The van der Waals surface area contributed by atoms with Crippen LogP contribution in [-0.2, 0) is 30.5 Å². The molecular weight excluding hydrogens is 413 g/mol. The maximum Gasteiger partial charge on any atom is 0.416 e. The van der Waals surface area contributed by atoms with Crippen molar-refractivity contribution in [2.75, 3.05) is 26.2 Å². The van der Waals surface area contributed by atoms with Crippen LogP contribution in [0.15, 0.2) is 29.2 Å². The molecule has 0 bridgehead atoms. The summed E-state index contributed by atoms with van der Waals surface area (Å²) in [5.74, 6) is -0.545. The van der Waals surface area contributed by atoms with E-state index in [0.717, 1.165) is 31.0 Å². The minimum atomic E-state index is -4.67. The number of nitrogens with zero attached hydrogens (tertiary/aromatic N) is 1. The summed E-state index contributed by atoms with van der Waals surface area (Å²) in [6.45, 7) is 2.52. The Balaban J connectivity index is 1.78. The number of esters is 1. The zero-order chi connectivity index (χ0) is 21.7. The Morgan fingerprint density at radius 1 is 1.24 bits per heavy atom. The standard InChI is InChI=1S/C18H23F3N2O5S/c1-13-6-9-23(10-7-13)16(24)12-28-17(25)5-8-22-29(26,27)15-4-2-3-14(11-15)18(19,20)21/h2-4,11,13,22H,5-10,12H2,1H3. The van der Waals surface area contributed by atoms with Gasteiger partial charge < -0.3 is 9.64 Å². The van der Waals surface area contributed by atoms with Crippen molar-refractivity contribution in [3.63, 3.8) is 0 Å². The molecule has 0 saturated carbocycles. The van der Waals surface area contributed by atoms with Crippen LogP contribution in [0.2, 0.25) is 0 Å². The number of rotatable bonds is 7. The third kappa shape index (κ3) is 7.00. The predicted molar refractivity (Wildman–Crippen MR) is 97.2 cm³/mol. The number of likely N-dealkylation sites (tertiary alicyclic amines) is 1. The van der Waals surface area contributed by atoms with E-state index >= 15 is 0 Å². The average Bonchev–Trinajstić information content (AvgIpc) is 2.66. The van der Waals surface area contributed by atoms with Gasteiger partial charge in [-0.25, -0.2) is 13.1 Å². The first-order valence-corrected chi connectivity index (χ1v) is 10.6. The molecule has 1 amide bonds. The molecule has 1 aromatic carbocycles.